The summed E-state index contributed by atoms with van der Waals surface area (Å²) >= 11 is 9.14. The van der Waals surface area contributed by atoms with Gasteiger partial charge < -0.3 is 4.42 Å². The van der Waals surface area contributed by atoms with Gasteiger partial charge in [-0.15, -0.1) is 22.0 Å². The van der Waals surface area contributed by atoms with Crippen LogP contribution < -0.4 is 0 Å². The Morgan fingerprint density at radius 1 is 1.00 bits per heavy atom. The summed E-state index contributed by atoms with van der Waals surface area (Å²) in [6.45, 7) is 0. The van der Waals surface area contributed by atoms with E-state index in [0.717, 1.165) is 11.3 Å². The van der Waals surface area contributed by atoms with Crippen molar-refractivity contribution in [3.8, 4) is 11.5 Å². The number of aromatic nitrogens is 2. The van der Waals surface area contributed by atoms with Crippen LogP contribution in [-0.4, -0.2) is 16.5 Å². The molecule has 3 nitrogen and oxygen atoms in total. The molecule has 3 rings (SSSR count). The number of hydrogen-bond donors (Lipinski definition) is 0. The molecule has 0 aliphatic heterocycles. The average Bonchev–Trinajstić information content (AvgIpc) is 3.03. The van der Waals surface area contributed by atoms with Gasteiger partial charge in [0.1, 0.15) is 0 Å². The van der Waals surface area contributed by atoms with Crippen LogP contribution in [0.1, 0.15) is 5.56 Å². The maximum absolute atomic E-state index is 5.87. The fourth-order valence-corrected chi connectivity index (χ4v) is 3.10. The predicted octanol–water partition coefficient (Wildman–Crippen LogP) is 5.40. The fourth-order valence-electron chi connectivity index (χ4n) is 1.84. The SMILES string of the molecule is CSc1ccc(CSc2nnc(-c3ccc(Cl)cc3)o2)cc1. The lowest BCUT2D eigenvalue weighted by Gasteiger charge is -2.00. The molecule has 1 aromatic heterocycles. The van der Waals surface area contributed by atoms with Crippen LogP contribution in [0, 0.1) is 0 Å². The summed E-state index contributed by atoms with van der Waals surface area (Å²) in [7, 11) is 0. The van der Waals surface area contributed by atoms with Crippen molar-refractivity contribution in [2.75, 3.05) is 6.26 Å². The van der Waals surface area contributed by atoms with Gasteiger partial charge in [0.25, 0.3) is 5.22 Å². The van der Waals surface area contributed by atoms with E-state index >= 15 is 0 Å². The Balaban J connectivity index is 1.65. The first-order valence-corrected chi connectivity index (χ1v) is 9.18. The Hall–Kier alpha value is -1.43. The molecule has 0 bridgehead atoms. The number of nitrogens with zero attached hydrogens (tertiary/aromatic N) is 2. The lowest BCUT2D eigenvalue weighted by atomic mass is 10.2. The normalized spacial score (nSPS) is 10.8. The minimum atomic E-state index is 0.511. The quantitative estimate of drug-likeness (QED) is 0.577. The van der Waals surface area contributed by atoms with E-state index in [2.05, 4.69) is 40.7 Å². The molecule has 0 aliphatic carbocycles. The van der Waals surface area contributed by atoms with Crippen LogP contribution in [0.3, 0.4) is 0 Å². The summed E-state index contributed by atoms with van der Waals surface area (Å²) in [5, 5.41) is 9.40. The number of rotatable bonds is 5. The van der Waals surface area contributed by atoms with Crippen LogP contribution in [0.25, 0.3) is 11.5 Å². The lowest BCUT2D eigenvalue weighted by molar-refractivity contribution is 0.466. The van der Waals surface area contributed by atoms with Gasteiger partial charge in [0.2, 0.25) is 5.89 Å². The zero-order valence-electron chi connectivity index (χ0n) is 11.8. The zero-order valence-corrected chi connectivity index (χ0v) is 14.2. The van der Waals surface area contributed by atoms with Crippen molar-refractivity contribution < 1.29 is 4.42 Å². The summed E-state index contributed by atoms with van der Waals surface area (Å²) in [6.07, 6.45) is 2.07. The molecule has 0 atom stereocenters. The maximum Gasteiger partial charge on any atom is 0.277 e. The topological polar surface area (TPSA) is 38.9 Å². The van der Waals surface area contributed by atoms with E-state index in [-0.39, 0.29) is 0 Å². The zero-order chi connectivity index (χ0) is 15.4. The molecular formula is C16H13ClN2OS2. The molecule has 0 spiro atoms. The first-order valence-electron chi connectivity index (χ1n) is 6.60. The Morgan fingerprint density at radius 3 is 2.41 bits per heavy atom. The average molecular weight is 349 g/mol. The van der Waals surface area contributed by atoms with Gasteiger partial charge in [-0.25, -0.2) is 0 Å². The van der Waals surface area contributed by atoms with Gasteiger partial charge >= 0.3 is 0 Å². The molecule has 112 valence electrons. The van der Waals surface area contributed by atoms with Crippen molar-refractivity contribution in [3.05, 3.63) is 59.1 Å². The number of halogens is 1. The van der Waals surface area contributed by atoms with Crippen molar-refractivity contribution >= 4 is 35.1 Å². The molecule has 6 heteroatoms. The molecular weight excluding hydrogens is 336 g/mol. The van der Waals surface area contributed by atoms with Crippen LogP contribution in [0.15, 0.2) is 63.1 Å². The van der Waals surface area contributed by atoms with Gasteiger partial charge in [0, 0.05) is 21.2 Å². The van der Waals surface area contributed by atoms with Crippen molar-refractivity contribution in [1.29, 1.82) is 0 Å². The maximum atomic E-state index is 5.87. The van der Waals surface area contributed by atoms with Gasteiger partial charge in [0.05, 0.1) is 0 Å². The third-order valence-corrected chi connectivity index (χ3v) is 4.90. The molecule has 1 heterocycles. The van der Waals surface area contributed by atoms with Gasteiger partial charge in [-0.05, 0) is 48.2 Å². The molecule has 2 aromatic carbocycles. The van der Waals surface area contributed by atoms with Gasteiger partial charge in [-0.2, -0.15) is 0 Å². The number of benzene rings is 2. The molecule has 0 saturated carbocycles. The fraction of sp³-hybridized carbons (Fsp3) is 0.125. The van der Waals surface area contributed by atoms with Crippen LogP contribution in [0.4, 0.5) is 0 Å². The van der Waals surface area contributed by atoms with E-state index in [1.165, 1.54) is 22.2 Å². The van der Waals surface area contributed by atoms with Gasteiger partial charge in [-0.3, -0.25) is 0 Å². The minimum Gasteiger partial charge on any atom is -0.411 e. The summed E-state index contributed by atoms with van der Waals surface area (Å²) in [5.74, 6) is 1.31. The van der Waals surface area contributed by atoms with E-state index in [1.807, 2.05) is 12.1 Å². The Morgan fingerprint density at radius 2 is 1.73 bits per heavy atom. The first-order chi connectivity index (χ1) is 10.7. The van der Waals surface area contributed by atoms with Crippen LogP contribution in [0.5, 0.6) is 0 Å². The smallest absolute Gasteiger partial charge is 0.277 e. The largest absolute Gasteiger partial charge is 0.411 e. The van der Waals surface area contributed by atoms with Crippen LogP contribution in [0.2, 0.25) is 5.02 Å². The van der Waals surface area contributed by atoms with Crippen LogP contribution in [-0.2, 0) is 5.75 Å². The molecule has 0 unspecified atom stereocenters. The molecule has 0 amide bonds. The van der Waals surface area contributed by atoms with Crippen LogP contribution >= 0.6 is 35.1 Å². The third-order valence-electron chi connectivity index (χ3n) is 3.02. The third kappa shape index (κ3) is 3.85. The molecule has 0 aliphatic rings. The highest BCUT2D eigenvalue weighted by Crippen LogP contribution is 2.27. The second-order valence-corrected chi connectivity index (χ2v) is 6.76. The second kappa shape index (κ2) is 7.22. The number of hydrogen-bond acceptors (Lipinski definition) is 5. The Bertz CT molecular complexity index is 742. The predicted molar refractivity (Wildman–Crippen MR) is 92.5 cm³/mol. The molecule has 0 N–H and O–H groups in total. The standard InChI is InChI=1S/C16H13ClN2OS2/c1-21-14-8-2-11(3-9-14)10-22-16-19-18-15(20-16)12-4-6-13(17)7-5-12/h2-9H,10H2,1H3. The molecule has 22 heavy (non-hydrogen) atoms. The van der Waals surface area contributed by atoms with E-state index in [4.69, 9.17) is 16.0 Å². The monoisotopic (exact) mass is 348 g/mol. The van der Waals surface area contributed by atoms with E-state index in [9.17, 15) is 0 Å². The molecule has 0 radical (unpaired) electrons. The summed E-state index contributed by atoms with van der Waals surface area (Å²) in [5.41, 5.74) is 2.10. The van der Waals surface area contributed by atoms with E-state index < -0.39 is 0 Å². The first kappa shape index (κ1) is 15.5. The highest BCUT2D eigenvalue weighted by Gasteiger charge is 2.09. The Kier molecular flexibility index (Phi) is 5.08. The molecule has 0 fully saturated rings. The highest BCUT2D eigenvalue weighted by molar-refractivity contribution is 7.98. The molecule has 0 saturated heterocycles. The van der Waals surface area contributed by atoms with Crippen molar-refractivity contribution in [3.63, 3.8) is 0 Å². The van der Waals surface area contributed by atoms with Crippen molar-refractivity contribution in [2.45, 2.75) is 15.9 Å². The Labute approximate surface area is 142 Å². The van der Waals surface area contributed by atoms with Crippen molar-refractivity contribution in [2.24, 2.45) is 0 Å². The summed E-state index contributed by atoms with van der Waals surface area (Å²) < 4.78 is 5.67. The number of thioether (sulfide) groups is 2. The second-order valence-electron chi connectivity index (χ2n) is 4.52. The van der Waals surface area contributed by atoms with Gasteiger partial charge in [-0.1, -0.05) is 35.5 Å². The van der Waals surface area contributed by atoms with E-state index in [1.54, 1.807) is 23.9 Å². The van der Waals surface area contributed by atoms with Crippen molar-refractivity contribution in [1.82, 2.24) is 10.2 Å². The summed E-state index contributed by atoms with van der Waals surface area (Å²) in [4.78, 5) is 1.26. The van der Waals surface area contributed by atoms with Gasteiger partial charge in [0.15, 0.2) is 0 Å². The molecule has 3 aromatic rings. The van der Waals surface area contributed by atoms with E-state index in [0.29, 0.717) is 16.1 Å². The minimum absolute atomic E-state index is 0.511. The lowest BCUT2D eigenvalue weighted by Crippen LogP contribution is -1.80. The highest BCUT2D eigenvalue weighted by atomic mass is 35.5. The summed E-state index contributed by atoms with van der Waals surface area (Å²) in [6, 6.07) is 15.8.